The quantitative estimate of drug-likeness (QED) is 0.941. The van der Waals surface area contributed by atoms with Crippen molar-refractivity contribution in [1.29, 1.82) is 0 Å². The molecule has 0 unspecified atom stereocenters. The lowest BCUT2D eigenvalue weighted by Crippen LogP contribution is -2.23. The Balaban J connectivity index is 1.66. The summed E-state index contributed by atoms with van der Waals surface area (Å²) < 4.78 is 1.73. The smallest absolute Gasteiger partial charge is 0.263 e. The van der Waals surface area contributed by atoms with Gasteiger partial charge in [-0.15, -0.1) is 11.3 Å². The number of amides is 1. The van der Waals surface area contributed by atoms with Gasteiger partial charge in [0.1, 0.15) is 4.88 Å². The Morgan fingerprint density at radius 3 is 3.00 bits per heavy atom. The van der Waals surface area contributed by atoms with Crippen molar-refractivity contribution < 1.29 is 4.79 Å². The van der Waals surface area contributed by atoms with Gasteiger partial charge in [-0.1, -0.05) is 12.8 Å². The minimum absolute atomic E-state index is 0.0155. The zero-order valence-corrected chi connectivity index (χ0v) is 12.3. The van der Waals surface area contributed by atoms with Crippen molar-refractivity contribution in [2.75, 3.05) is 0 Å². The number of aromatic nitrogens is 3. The minimum atomic E-state index is -0.0155. The van der Waals surface area contributed by atoms with Gasteiger partial charge >= 0.3 is 0 Å². The summed E-state index contributed by atoms with van der Waals surface area (Å²) in [6.07, 6.45) is 8.49. The van der Waals surface area contributed by atoms with Crippen molar-refractivity contribution in [3.05, 3.63) is 34.0 Å². The van der Waals surface area contributed by atoms with Gasteiger partial charge in [-0.05, 0) is 12.8 Å². The molecule has 106 valence electrons. The summed E-state index contributed by atoms with van der Waals surface area (Å²) in [7, 11) is 1.87. The predicted molar refractivity (Wildman–Crippen MR) is 77.7 cm³/mol. The number of thiazole rings is 1. The molecule has 0 spiro atoms. The van der Waals surface area contributed by atoms with Crippen LogP contribution in [0.1, 0.15) is 52.5 Å². The number of nitrogens with one attached hydrogen (secondary N) is 1. The Morgan fingerprint density at radius 1 is 1.50 bits per heavy atom. The van der Waals surface area contributed by atoms with Gasteiger partial charge in [0.15, 0.2) is 0 Å². The molecule has 1 N–H and O–H groups in total. The summed E-state index contributed by atoms with van der Waals surface area (Å²) in [6, 6.07) is 0. The molecule has 0 aliphatic heterocycles. The second kappa shape index (κ2) is 5.75. The van der Waals surface area contributed by atoms with Crippen LogP contribution in [-0.2, 0) is 13.6 Å². The van der Waals surface area contributed by atoms with Crippen molar-refractivity contribution in [2.24, 2.45) is 7.05 Å². The largest absolute Gasteiger partial charge is 0.347 e. The molecule has 6 heteroatoms. The molecule has 2 aromatic rings. The molecule has 1 aliphatic carbocycles. The fraction of sp³-hybridized carbons (Fsp3) is 0.500. The number of nitrogens with zero attached hydrogens (tertiary/aromatic N) is 3. The number of hydrogen-bond acceptors (Lipinski definition) is 4. The van der Waals surface area contributed by atoms with Crippen LogP contribution in [-0.4, -0.2) is 20.7 Å². The van der Waals surface area contributed by atoms with E-state index in [1.165, 1.54) is 24.2 Å². The van der Waals surface area contributed by atoms with Crippen LogP contribution in [0.25, 0.3) is 0 Å². The molecule has 0 saturated heterocycles. The molecule has 3 rings (SSSR count). The highest BCUT2D eigenvalue weighted by atomic mass is 32.1. The molecular formula is C14H18N4OS. The SMILES string of the molecule is Cn1cc(CNC(=O)c2scnc2C2CCCC2)cn1. The van der Waals surface area contributed by atoms with Crippen LogP contribution in [0.4, 0.5) is 0 Å². The maximum atomic E-state index is 12.3. The van der Waals surface area contributed by atoms with Crippen LogP contribution in [0, 0.1) is 0 Å². The first-order chi connectivity index (χ1) is 9.74. The molecule has 0 aromatic carbocycles. The van der Waals surface area contributed by atoms with Crippen LogP contribution < -0.4 is 5.32 Å². The van der Waals surface area contributed by atoms with Crippen molar-refractivity contribution in [2.45, 2.75) is 38.1 Å². The average Bonchev–Trinajstić information content (AvgIpc) is 3.16. The third-order valence-electron chi connectivity index (χ3n) is 3.75. The van der Waals surface area contributed by atoms with Crippen molar-refractivity contribution in [3.63, 3.8) is 0 Å². The Hall–Kier alpha value is -1.69. The lowest BCUT2D eigenvalue weighted by Gasteiger charge is -2.08. The maximum Gasteiger partial charge on any atom is 0.263 e. The maximum absolute atomic E-state index is 12.3. The van der Waals surface area contributed by atoms with E-state index in [1.54, 1.807) is 16.4 Å². The minimum Gasteiger partial charge on any atom is -0.347 e. The monoisotopic (exact) mass is 290 g/mol. The fourth-order valence-electron chi connectivity index (χ4n) is 2.74. The normalized spacial score (nSPS) is 15.7. The van der Waals surface area contributed by atoms with E-state index in [4.69, 9.17) is 0 Å². The molecule has 1 saturated carbocycles. The zero-order valence-electron chi connectivity index (χ0n) is 11.5. The van der Waals surface area contributed by atoms with E-state index in [-0.39, 0.29) is 5.91 Å². The van der Waals surface area contributed by atoms with Crippen LogP contribution in [0.5, 0.6) is 0 Å². The first-order valence-corrected chi connectivity index (χ1v) is 7.81. The Bertz CT molecular complexity index is 598. The van der Waals surface area contributed by atoms with Crippen LogP contribution >= 0.6 is 11.3 Å². The van der Waals surface area contributed by atoms with Crippen LogP contribution in [0.15, 0.2) is 17.9 Å². The second-order valence-electron chi connectivity index (χ2n) is 5.25. The standard InChI is InChI=1S/C14H18N4OS/c1-18-8-10(7-17-18)6-15-14(19)13-12(16-9-20-13)11-4-2-3-5-11/h7-9,11H,2-6H2,1H3,(H,15,19). The van der Waals surface area contributed by atoms with E-state index >= 15 is 0 Å². The predicted octanol–water partition coefficient (Wildman–Crippen LogP) is 2.46. The highest BCUT2D eigenvalue weighted by molar-refractivity contribution is 7.11. The molecule has 0 radical (unpaired) electrons. The average molecular weight is 290 g/mol. The third-order valence-corrected chi connectivity index (χ3v) is 4.60. The van der Waals surface area contributed by atoms with Gasteiger partial charge in [0.05, 0.1) is 17.4 Å². The van der Waals surface area contributed by atoms with E-state index in [9.17, 15) is 4.79 Å². The van der Waals surface area contributed by atoms with Gasteiger partial charge in [-0.3, -0.25) is 9.48 Å². The van der Waals surface area contributed by atoms with Crippen LogP contribution in [0.2, 0.25) is 0 Å². The van der Waals surface area contributed by atoms with Crippen LogP contribution in [0.3, 0.4) is 0 Å². The van der Waals surface area contributed by atoms with E-state index in [0.717, 1.165) is 29.0 Å². The van der Waals surface area contributed by atoms with Gasteiger partial charge in [-0.25, -0.2) is 4.98 Å². The van der Waals surface area contributed by atoms with E-state index in [2.05, 4.69) is 15.4 Å². The number of carbonyl (C=O) groups is 1. The van der Waals surface area contributed by atoms with Crippen molar-refractivity contribution in [1.82, 2.24) is 20.1 Å². The summed E-state index contributed by atoms with van der Waals surface area (Å²) >= 11 is 1.44. The molecule has 1 aliphatic rings. The Morgan fingerprint density at radius 2 is 2.30 bits per heavy atom. The zero-order chi connectivity index (χ0) is 13.9. The molecule has 2 aromatic heterocycles. The molecule has 2 heterocycles. The number of aryl methyl sites for hydroxylation is 1. The van der Waals surface area contributed by atoms with Gasteiger partial charge in [0.25, 0.3) is 5.91 Å². The van der Waals surface area contributed by atoms with E-state index < -0.39 is 0 Å². The summed E-state index contributed by atoms with van der Waals surface area (Å²) in [5.41, 5.74) is 3.79. The van der Waals surface area contributed by atoms with Crippen molar-refractivity contribution >= 4 is 17.2 Å². The first-order valence-electron chi connectivity index (χ1n) is 6.93. The Kier molecular flexibility index (Phi) is 3.82. The molecule has 5 nitrogen and oxygen atoms in total. The fourth-order valence-corrected chi connectivity index (χ4v) is 3.53. The lowest BCUT2D eigenvalue weighted by molar-refractivity contribution is 0.0953. The summed E-state index contributed by atoms with van der Waals surface area (Å²) in [6.45, 7) is 0.509. The molecular weight excluding hydrogens is 272 g/mol. The summed E-state index contributed by atoms with van der Waals surface area (Å²) in [5.74, 6) is 0.457. The Labute approximate surface area is 122 Å². The molecule has 0 bridgehead atoms. The van der Waals surface area contributed by atoms with Gasteiger partial charge in [0, 0.05) is 31.3 Å². The molecule has 20 heavy (non-hydrogen) atoms. The van der Waals surface area contributed by atoms with Crippen molar-refractivity contribution in [3.8, 4) is 0 Å². The molecule has 1 fully saturated rings. The lowest BCUT2D eigenvalue weighted by atomic mass is 10.0. The topological polar surface area (TPSA) is 59.8 Å². The first kappa shape index (κ1) is 13.3. The number of hydrogen-bond donors (Lipinski definition) is 1. The second-order valence-corrected chi connectivity index (χ2v) is 6.11. The highest BCUT2D eigenvalue weighted by Crippen LogP contribution is 2.36. The van der Waals surface area contributed by atoms with Gasteiger partial charge < -0.3 is 5.32 Å². The summed E-state index contributed by atoms with van der Waals surface area (Å²) in [5, 5.41) is 7.05. The number of rotatable bonds is 4. The van der Waals surface area contributed by atoms with E-state index in [1.807, 2.05) is 13.2 Å². The molecule has 0 atom stereocenters. The van der Waals surface area contributed by atoms with Gasteiger partial charge in [0.2, 0.25) is 0 Å². The van der Waals surface area contributed by atoms with Gasteiger partial charge in [-0.2, -0.15) is 5.10 Å². The highest BCUT2D eigenvalue weighted by Gasteiger charge is 2.25. The number of carbonyl (C=O) groups excluding carboxylic acids is 1. The molecule has 1 amide bonds. The third kappa shape index (κ3) is 2.75. The summed E-state index contributed by atoms with van der Waals surface area (Å²) in [4.78, 5) is 17.5. The van der Waals surface area contributed by atoms with E-state index in [0.29, 0.717) is 12.5 Å².